The van der Waals surface area contributed by atoms with Crippen molar-refractivity contribution in [2.75, 3.05) is 15.4 Å². The van der Waals surface area contributed by atoms with Crippen LogP contribution in [0.25, 0.3) is 0 Å². The Labute approximate surface area is 163 Å². The SMILES string of the molecule is Cc1cccc(NC(=O)c2cc(N3C(=O)C(C)CS3(=O)=O)ccc2Cl)c1C. The number of sulfonamides is 1. The Morgan fingerprint density at radius 1 is 1.22 bits per heavy atom. The highest BCUT2D eigenvalue weighted by Crippen LogP contribution is 2.31. The van der Waals surface area contributed by atoms with Crippen LogP contribution in [0.4, 0.5) is 11.4 Å². The molecule has 0 saturated carbocycles. The number of nitrogens with zero attached hydrogens (tertiary/aromatic N) is 1. The fraction of sp³-hybridized carbons (Fsp3) is 0.263. The Kier molecular flexibility index (Phi) is 5.01. The smallest absolute Gasteiger partial charge is 0.257 e. The number of anilines is 2. The van der Waals surface area contributed by atoms with E-state index in [-0.39, 0.29) is 22.0 Å². The zero-order valence-corrected chi connectivity index (χ0v) is 16.7. The molecule has 1 atom stereocenters. The number of benzene rings is 2. The monoisotopic (exact) mass is 406 g/mol. The topological polar surface area (TPSA) is 83.6 Å². The lowest BCUT2D eigenvalue weighted by Crippen LogP contribution is -2.30. The molecule has 1 unspecified atom stereocenters. The van der Waals surface area contributed by atoms with Gasteiger partial charge in [0.05, 0.1) is 27.9 Å². The molecular weight excluding hydrogens is 388 g/mol. The lowest BCUT2D eigenvalue weighted by molar-refractivity contribution is -0.119. The third-order valence-electron chi connectivity index (χ3n) is 4.64. The minimum Gasteiger partial charge on any atom is -0.322 e. The second-order valence-electron chi connectivity index (χ2n) is 6.65. The summed E-state index contributed by atoms with van der Waals surface area (Å²) in [5.41, 5.74) is 2.79. The van der Waals surface area contributed by atoms with Crippen LogP contribution < -0.4 is 9.62 Å². The van der Waals surface area contributed by atoms with E-state index >= 15 is 0 Å². The van der Waals surface area contributed by atoms with Crippen LogP contribution in [0.15, 0.2) is 36.4 Å². The molecule has 1 fully saturated rings. The number of carbonyl (C=O) groups is 2. The van der Waals surface area contributed by atoms with Crippen molar-refractivity contribution < 1.29 is 18.0 Å². The van der Waals surface area contributed by atoms with Gasteiger partial charge in [0.1, 0.15) is 0 Å². The van der Waals surface area contributed by atoms with E-state index in [1.54, 1.807) is 13.0 Å². The summed E-state index contributed by atoms with van der Waals surface area (Å²) in [6.07, 6.45) is 0. The van der Waals surface area contributed by atoms with Gasteiger partial charge in [-0.1, -0.05) is 30.7 Å². The number of halogens is 1. The van der Waals surface area contributed by atoms with Crippen LogP contribution in [0, 0.1) is 19.8 Å². The molecule has 1 saturated heterocycles. The van der Waals surface area contributed by atoms with Crippen molar-refractivity contribution >= 4 is 44.8 Å². The predicted octanol–water partition coefficient (Wildman–Crippen LogP) is 3.52. The first kappa shape index (κ1) is 19.4. The first-order valence-corrected chi connectivity index (χ1v) is 10.3. The van der Waals surface area contributed by atoms with Crippen molar-refractivity contribution in [2.24, 2.45) is 5.92 Å². The van der Waals surface area contributed by atoms with E-state index in [9.17, 15) is 18.0 Å². The van der Waals surface area contributed by atoms with Crippen LogP contribution in [0.1, 0.15) is 28.4 Å². The van der Waals surface area contributed by atoms with Crippen molar-refractivity contribution in [1.82, 2.24) is 0 Å². The maximum Gasteiger partial charge on any atom is 0.257 e. The Morgan fingerprint density at radius 3 is 2.56 bits per heavy atom. The molecule has 142 valence electrons. The normalized spacial score (nSPS) is 18.6. The average molecular weight is 407 g/mol. The molecule has 1 aliphatic heterocycles. The summed E-state index contributed by atoms with van der Waals surface area (Å²) in [5.74, 6) is -1.87. The van der Waals surface area contributed by atoms with Crippen LogP contribution in [0.3, 0.4) is 0 Å². The first-order valence-electron chi connectivity index (χ1n) is 8.36. The summed E-state index contributed by atoms with van der Waals surface area (Å²) in [6, 6.07) is 9.70. The van der Waals surface area contributed by atoms with Crippen molar-refractivity contribution in [2.45, 2.75) is 20.8 Å². The summed E-state index contributed by atoms with van der Waals surface area (Å²) in [6.45, 7) is 5.38. The molecule has 27 heavy (non-hydrogen) atoms. The summed E-state index contributed by atoms with van der Waals surface area (Å²) in [7, 11) is -3.76. The lowest BCUT2D eigenvalue weighted by Gasteiger charge is -2.17. The summed E-state index contributed by atoms with van der Waals surface area (Å²) in [5, 5.41) is 2.96. The fourth-order valence-corrected chi connectivity index (χ4v) is 4.99. The highest BCUT2D eigenvalue weighted by atomic mass is 35.5. The number of amides is 2. The Bertz CT molecular complexity index is 1050. The van der Waals surface area contributed by atoms with E-state index in [0.717, 1.165) is 15.4 Å². The molecule has 1 N–H and O–H groups in total. The standard InChI is InChI=1S/C19H19ClN2O4S/c1-11-5-4-6-17(13(11)3)21-18(23)15-9-14(7-8-16(15)20)22-19(24)12(2)10-27(22,25)26/h4-9,12H,10H2,1-3H3,(H,21,23). The van der Waals surface area contributed by atoms with Gasteiger partial charge in [-0.25, -0.2) is 12.7 Å². The second-order valence-corrected chi connectivity index (χ2v) is 8.92. The van der Waals surface area contributed by atoms with E-state index < -0.39 is 27.8 Å². The molecule has 2 aromatic rings. The Hall–Kier alpha value is -2.38. The van der Waals surface area contributed by atoms with Gasteiger partial charge in [0.2, 0.25) is 15.9 Å². The van der Waals surface area contributed by atoms with Crippen LogP contribution in [0.2, 0.25) is 5.02 Å². The molecule has 6 nitrogen and oxygen atoms in total. The van der Waals surface area contributed by atoms with Gasteiger partial charge < -0.3 is 5.32 Å². The van der Waals surface area contributed by atoms with Gasteiger partial charge in [0, 0.05) is 5.69 Å². The van der Waals surface area contributed by atoms with Crippen molar-refractivity contribution in [3.05, 3.63) is 58.1 Å². The molecule has 0 spiro atoms. The number of rotatable bonds is 3. The minimum absolute atomic E-state index is 0.0950. The second kappa shape index (κ2) is 6.98. The summed E-state index contributed by atoms with van der Waals surface area (Å²) >= 11 is 6.16. The average Bonchev–Trinajstić information content (AvgIpc) is 2.80. The van der Waals surface area contributed by atoms with Crippen molar-refractivity contribution in [1.29, 1.82) is 0 Å². The maximum absolute atomic E-state index is 12.7. The molecular formula is C19H19ClN2O4S. The van der Waals surface area contributed by atoms with E-state index in [4.69, 9.17) is 11.6 Å². The molecule has 2 amide bonds. The van der Waals surface area contributed by atoms with Crippen LogP contribution >= 0.6 is 11.6 Å². The van der Waals surface area contributed by atoms with Gasteiger partial charge in [-0.3, -0.25) is 9.59 Å². The first-order chi connectivity index (χ1) is 12.6. The zero-order valence-electron chi connectivity index (χ0n) is 15.1. The van der Waals surface area contributed by atoms with Gasteiger partial charge in [-0.15, -0.1) is 0 Å². The van der Waals surface area contributed by atoms with Crippen LogP contribution in [-0.4, -0.2) is 26.0 Å². The highest BCUT2D eigenvalue weighted by Gasteiger charge is 2.42. The number of carbonyl (C=O) groups excluding carboxylic acids is 2. The maximum atomic E-state index is 12.7. The number of aryl methyl sites for hydroxylation is 1. The van der Waals surface area contributed by atoms with Gasteiger partial charge in [-0.05, 0) is 49.2 Å². The molecule has 0 aliphatic carbocycles. The van der Waals surface area contributed by atoms with Crippen molar-refractivity contribution in [3.8, 4) is 0 Å². The molecule has 0 radical (unpaired) electrons. The Morgan fingerprint density at radius 2 is 1.93 bits per heavy atom. The highest BCUT2D eigenvalue weighted by molar-refractivity contribution is 7.94. The predicted molar refractivity (Wildman–Crippen MR) is 106 cm³/mol. The third-order valence-corrected chi connectivity index (χ3v) is 6.84. The van der Waals surface area contributed by atoms with E-state index in [1.807, 2.05) is 26.0 Å². The van der Waals surface area contributed by atoms with Gasteiger partial charge >= 0.3 is 0 Å². The molecule has 2 aromatic carbocycles. The molecule has 3 rings (SSSR count). The number of hydrogen-bond acceptors (Lipinski definition) is 4. The quantitative estimate of drug-likeness (QED) is 0.845. The molecule has 0 aromatic heterocycles. The summed E-state index contributed by atoms with van der Waals surface area (Å²) in [4.78, 5) is 25.0. The van der Waals surface area contributed by atoms with E-state index in [0.29, 0.717) is 5.69 Å². The van der Waals surface area contributed by atoms with Crippen LogP contribution in [0.5, 0.6) is 0 Å². The molecule has 1 aliphatic rings. The third kappa shape index (κ3) is 3.57. The number of hydrogen-bond donors (Lipinski definition) is 1. The molecule has 0 bridgehead atoms. The van der Waals surface area contributed by atoms with Gasteiger partial charge in [-0.2, -0.15) is 0 Å². The van der Waals surface area contributed by atoms with Gasteiger partial charge in [0.15, 0.2) is 0 Å². The molecule has 1 heterocycles. The zero-order chi connectivity index (χ0) is 19.9. The Balaban J connectivity index is 1.98. The van der Waals surface area contributed by atoms with E-state index in [2.05, 4.69) is 5.32 Å². The van der Waals surface area contributed by atoms with E-state index in [1.165, 1.54) is 18.2 Å². The summed E-state index contributed by atoms with van der Waals surface area (Å²) < 4.78 is 25.3. The van der Waals surface area contributed by atoms with Crippen molar-refractivity contribution in [3.63, 3.8) is 0 Å². The molecule has 8 heteroatoms. The van der Waals surface area contributed by atoms with Crippen LogP contribution in [-0.2, 0) is 14.8 Å². The van der Waals surface area contributed by atoms with Gasteiger partial charge in [0.25, 0.3) is 5.91 Å². The minimum atomic E-state index is -3.76. The fourth-order valence-electron chi connectivity index (χ4n) is 2.98. The lowest BCUT2D eigenvalue weighted by atomic mass is 10.1. The number of nitrogens with one attached hydrogen (secondary N) is 1. The largest absolute Gasteiger partial charge is 0.322 e.